The maximum atomic E-state index is 12.4. The average molecular weight is 307 g/mol. The van der Waals surface area contributed by atoms with Crippen molar-refractivity contribution in [1.29, 1.82) is 0 Å². The summed E-state index contributed by atoms with van der Waals surface area (Å²) in [6.07, 6.45) is 5.72. The van der Waals surface area contributed by atoms with Crippen LogP contribution in [0.1, 0.15) is 52.4 Å². The number of nitrogens with one attached hydrogen (secondary N) is 2. The Morgan fingerprint density at radius 3 is 2.64 bits per heavy atom. The van der Waals surface area contributed by atoms with Gasteiger partial charge in [-0.1, -0.05) is 12.8 Å². The second-order valence-corrected chi connectivity index (χ2v) is 7.07. The Bertz CT molecular complexity index is 477. The summed E-state index contributed by atoms with van der Waals surface area (Å²) in [5.74, 6) is -0.0224. The molecular weight excluding hydrogens is 282 g/mol. The van der Waals surface area contributed by atoms with Crippen molar-refractivity contribution in [2.75, 3.05) is 0 Å². The van der Waals surface area contributed by atoms with Gasteiger partial charge in [0.25, 0.3) is 5.91 Å². The van der Waals surface area contributed by atoms with Crippen LogP contribution < -0.4 is 10.6 Å². The largest absolute Gasteiger partial charge is 0.342 e. The molecule has 6 heteroatoms. The third-order valence-corrected chi connectivity index (χ3v) is 5.20. The molecule has 0 bridgehead atoms. The smallest absolute Gasteiger partial charge is 0.252 e. The lowest BCUT2D eigenvalue weighted by atomic mass is 9.85. The first-order valence-corrected chi connectivity index (χ1v) is 8.39. The van der Waals surface area contributed by atoms with Crippen LogP contribution in [0.25, 0.3) is 0 Å². The molecule has 3 aliphatic rings. The molecule has 2 saturated heterocycles. The highest BCUT2D eigenvalue weighted by Gasteiger charge is 2.43. The van der Waals surface area contributed by atoms with Gasteiger partial charge in [0.15, 0.2) is 0 Å². The normalized spacial score (nSPS) is 35.1. The second kappa shape index (κ2) is 5.99. The summed E-state index contributed by atoms with van der Waals surface area (Å²) in [5, 5.41) is 6.19. The maximum Gasteiger partial charge on any atom is 0.252 e. The molecule has 3 rings (SSSR count). The molecule has 1 saturated carbocycles. The SMILES string of the molecule is CC(C)N1C(=O)CC(NC(=O)C2CC3CCCCC3N2)C1=O. The van der Waals surface area contributed by atoms with E-state index in [1.807, 2.05) is 13.8 Å². The van der Waals surface area contributed by atoms with Crippen LogP contribution in [0.2, 0.25) is 0 Å². The molecule has 0 aromatic heterocycles. The van der Waals surface area contributed by atoms with E-state index in [1.165, 1.54) is 24.2 Å². The van der Waals surface area contributed by atoms with Crippen LogP contribution in [-0.4, -0.2) is 46.8 Å². The van der Waals surface area contributed by atoms with Crippen LogP contribution in [0, 0.1) is 5.92 Å². The van der Waals surface area contributed by atoms with E-state index in [-0.39, 0.29) is 36.2 Å². The minimum Gasteiger partial charge on any atom is -0.342 e. The number of hydrogen-bond donors (Lipinski definition) is 2. The van der Waals surface area contributed by atoms with Gasteiger partial charge in [0.2, 0.25) is 11.8 Å². The summed E-state index contributed by atoms with van der Waals surface area (Å²) in [6.45, 7) is 3.62. The molecule has 2 aliphatic heterocycles. The molecule has 0 aromatic rings. The van der Waals surface area contributed by atoms with Crippen molar-refractivity contribution in [2.24, 2.45) is 5.92 Å². The number of imide groups is 1. The lowest BCUT2D eigenvalue weighted by Crippen LogP contribution is -2.49. The van der Waals surface area contributed by atoms with E-state index < -0.39 is 6.04 Å². The maximum absolute atomic E-state index is 12.4. The fourth-order valence-corrected chi connectivity index (χ4v) is 4.10. The Balaban J connectivity index is 1.58. The number of amides is 3. The molecule has 2 N–H and O–H groups in total. The van der Waals surface area contributed by atoms with Gasteiger partial charge in [-0.15, -0.1) is 0 Å². The summed E-state index contributed by atoms with van der Waals surface area (Å²) < 4.78 is 0. The van der Waals surface area contributed by atoms with Crippen molar-refractivity contribution in [3.05, 3.63) is 0 Å². The Labute approximate surface area is 131 Å². The fraction of sp³-hybridized carbons (Fsp3) is 0.812. The van der Waals surface area contributed by atoms with Crippen molar-refractivity contribution in [3.8, 4) is 0 Å². The predicted octanol–water partition coefficient (Wildman–Crippen LogP) is 0.559. The highest BCUT2D eigenvalue weighted by molar-refractivity contribution is 6.07. The molecule has 2 heterocycles. The van der Waals surface area contributed by atoms with Crippen molar-refractivity contribution in [2.45, 2.75) is 76.5 Å². The summed E-state index contributed by atoms with van der Waals surface area (Å²) >= 11 is 0. The molecule has 0 aromatic carbocycles. The highest BCUT2D eigenvalue weighted by Crippen LogP contribution is 2.33. The Hall–Kier alpha value is -1.43. The fourth-order valence-electron chi connectivity index (χ4n) is 4.10. The molecule has 3 amide bonds. The zero-order chi connectivity index (χ0) is 15.9. The number of hydrogen-bond acceptors (Lipinski definition) is 4. The molecule has 4 atom stereocenters. The topological polar surface area (TPSA) is 78.5 Å². The van der Waals surface area contributed by atoms with Gasteiger partial charge in [0, 0.05) is 12.1 Å². The van der Waals surface area contributed by atoms with E-state index in [0.29, 0.717) is 12.0 Å². The third kappa shape index (κ3) is 2.76. The van der Waals surface area contributed by atoms with E-state index in [4.69, 9.17) is 0 Å². The quantitative estimate of drug-likeness (QED) is 0.747. The molecule has 3 fully saturated rings. The molecule has 22 heavy (non-hydrogen) atoms. The van der Waals surface area contributed by atoms with E-state index in [9.17, 15) is 14.4 Å². The standard InChI is InChI=1S/C16H25N3O3/c1-9(2)19-14(20)8-13(16(19)22)18-15(21)12-7-10-5-3-4-6-11(10)17-12/h9-13,17H,3-8H2,1-2H3,(H,18,21). The van der Waals surface area contributed by atoms with Gasteiger partial charge < -0.3 is 10.6 Å². The zero-order valence-corrected chi connectivity index (χ0v) is 13.3. The minimum atomic E-state index is -0.688. The van der Waals surface area contributed by atoms with Gasteiger partial charge in [-0.25, -0.2) is 0 Å². The number of carbonyl (C=O) groups excluding carboxylic acids is 3. The van der Waals surface area contributed by atoms with Crippen LogP contribution in [0.3, 0.4) is 0 Å². The van der Waals surface area contributed by atoms with E-state index in [2.05, 4.69) is 10.6 Å². The second-order valence-electron chi connectivity index (χ2n) is 7.07. The van der Waals surface area contributed by atoms with Crippen LogP contribution >= 0.6 is 0 Å². The van der Waals surface area contributed by atoms with Crippen molar-refractivity contribution in [1.82, 2.24) is 15.5 Å². The first-order valence-electron chi connectivity index (χ1n) is 8.39. The number of fused-ring (bicyclic) bond motifs is 1. The summed E-state index contributed by atoms with van der Waals surface area (Å²) in [4.78, 5) is 37.8. The highest BCUT2D eigenvalue weighted by atomic mass is 16.2. The average Bonchev–Trinajstić information content (AvgIpc) is 3.00. The molecule has 0 radical (unpaired) electrons. The monoisotopic (exact) mass is 307 g/mol. The third-order valence-electron chi connectivity index (χ3n) is 5.20. The van der Waals surface area contributed by atoms with E-state index in [0.717, 1.165) is 12.8 Å². The van der Waals surface area contributed by atoms with Gasteiger partial charge in [-0.2, -0.15) is 0 Å². The molecule has 1 aliphatic carbocycles. The molecule has 0 spiro atoms. The Kier molecular flexibility index (Phi) is 4.21. The van der Waals surface area contributed by atoms with Crippen LogP contribution in [0.15, 0.2) is 0 Å². The van der Waals surface area contributed by atoms with Crippen LogP contribution in [-0.2, 0) is 14.4 Å². The number of rotatable bonds is 3. The van der Waals surface area contributed by atoms with Gasteiger partial charge in [0.05, 0.1) is 12.5 Å². The number of likely N-dealkylation sites (tertiary alicyclic amines) is 1. The number of carbonyl (C=O) groups is 3. The van der Waals surface area contributed by atoms with Crippen LogP contribution in [0.4, 0.5) is 0 Å². The summed E-state index contributed by atoms with van der Waals surface area (Å²) in [6, 6.07) is -0.622. The molecular formula is C16H25N3O3. The van der Waals surface area contributed by atoms with Gasteiger partial charge in [0.1, 0.15) is 6.04 Å². The van der Waals surface area contributed by atoms with Crippen molar-refractivity contribution in [3.63, 3.8) is 0 Å². The van der Waals surface area contributed by atoms with Crippen LogP contribution in [0.5, 0.6) is 0 Å². The molecule has 122 valence electrons. The van der Waals surface area contributed by atoms with Gasteiger partial charge >= 0.3 is 0 Å². The summed E-state index contributed by atoms with van der Waals surface area (Å²) in [7, 11) is 0. The van der Waals surface area contributed by atoms with Crippen molar-refractivity contribution >= 4 is 17.7 Å². The van der Waals surface area contributed by atoms with E-state index in [1.54, 1.807) is 0 Å². The Morgan fingerprint density at radius 1 is 1.27 bits per heavy atom. The molecule has 6 nitrogen and oxygen atoms in total. The Morgan fingerprint density at radius 2 is 2.00 bits per heavy atom. The lowest BCUT2D eigenvalue weighted by molar-refractivity contribution is -0.141. The van der Waals surface area contributed by atoms with E-state index >= 15 is 0 Å². The lowest BCUT2D eigenvalue weighted by Gasteiger charge is -2.24. The first-order chi connectivity index (χ1) is 10.5. The molecule has 4 unspecified atom stereocenters. The number of nitrogens with zero attached hydrogens (tertiary/aromatic N) is 1. The zero-order valence-electron chi connectivity index (χ0n) is 13.3. The minimum absolute atomic E-state index is 0.0856. The first kappa shape index (κ1) is 15.5. The summed E-state index contributed by atoms with van der Waals surface area (Å²) in [5.41, 5.74) is 0. The predicted molar refractivity (Wildman–Crippen MR) is 80.8 cm³/mol. The van der Waals surface area contributed by atoms with Gasteiger partial charge in [-0.05, 0) is 39.0 Å². The van der Waals surface area contributed by atoms with Gasteiger partial charge in [-0.3, -0.25) is 19.3 Å². The van der Waals surface area contributed by atoms with Crippen molar-refractivity contribution < 1.29 is 14.4 Å².